The molecule has 0 aliphatic rings. The highest BCUT2D eigenvalue weighted by atomic mass is 35.5. The van der Waals surface area contributed by atoms with Crippen LogP contribution in [-0.4, -0.2) is 41.4 Å². The highest BCUT2D eigenvalue weighted by Crippen LogP contribution is 2.28. The monoisotopic (exact) mass is 497 g/mol. The van der Waals surface area contributed by atoms with Crippen LogP contribution in [0.15, 0.2) is 47.5 Å². The quantitative estimate of drug-likeness (QED) is 0.323. The zero-order valence-corrected chi connectivity index (χ0v) is 21.6. The molecule has 0 spiro atoms. The molecule has 1 amide bonds. The summed E-state index contributed by atoms with van der Waals surface area (Å²) in [5.41, 5.74) is 4.37. The van der Waals surface area contributed by atoms with Crippen LogP contribution in [0.4, 0.5) is 5.69 Å². The van der Waals surface area contributed by atoms with Crippen LogP contribution in [0.3, 0.4) is 0 Å². The van der Waals surface area contributed by atoms with Gasteiger partial charge in [-0.2, -0.15) is 5.10 Å². The number of nitrogens with one attached hydrogen (secondary N) is 2. The van der Waals surface area contributed by atoms with E-state index in [1.807, 2.05) is 51.6 Å². The molecule has 186 valence electrons. The van der Waals surface area contributed by atoms with Gasteiger partial charge in [-0.1, -0.05) is 17.7 Å². The second-order valence-electron chi connectivity index (χ2n) is 7.87. The number of hydrogen-bond acceptors (Lipinski definition) is 5. The predicted molar refractivity (Wildman–Crippen MR) is 140 cm³/mol. The van der Waals surface area contributed by atoms with E-state index in [2.05, 4.69) is 20.7 Å². The molecule has 0 bridgehead atoms. The fourth-order valence-electron chi connectivity index (χ4n) is 3.64. The summed E-state index contributed by atoms with van der Waals surface area (Å²) >= 11 is 6.14. The van der Waals surface area contributed by atoms with E-state index in [0.29, 0.717) is 59.9 Å². The molecule has 0 atom stereocenters. The number of halogens is 1. The van der Waals surface area contributed by atoms with Crippen molar-refractivity contribution in [3.63, 3.8) is 0 Å². The molecule has 2 N–H and O–H groups in total. The third-order valence-corrected chi connectivity index (χ3v) is 5.65. The Labute approximate surface area is 211 Å². The predicted octanol–water partition coefficient (Wildman–Crippen LogP) is 4.93. The lowest BCUT2D eigenvalue weighted by Gasteiger charge is -2.14. The smallest absolute Gasteiger partial charge is 0.258 e. The first-order valence-electron chi connectivity index (χ1n) is 11.6. The summed E-state index contributed by atoms with van der Waals surface area (Å²) in [5.74, 6) is 1.11. The van der Waals surface area contributed by atoms with Crippen molar-refractivity contribution < 1.29 is 14.3 Å². The Kier molecular flexibility index (Phi) is 9.14. The molecule has 0 unspecified atom stereocenters. The number of rotatable bonds is 9. The lowest BCUT2D eigenvalue weighted by molar-refractivity contribution is 0.0976. The first-order valence-corrected chi connectivity index (χ1v) is 12.0. The normalized spacial score (nSPS) is 11.3. The van der Waals surface area contributed by atoms with Gasteiger partial charge in [-0.3, -0.25) is 19.8 Å². The number of benzene rings is 2. The molecule has 2 aromatic carbocycles. The molecule has 0 saturated carbocycles. The summed E-state index contributed by atoms with van der Waals surface area (Å²) in [5, 5.41) is 11.1. The lowest BCUT2D eigenvalue weighted by atomic mass is 10.1. The summed E-state index contributed by atoms with van der Waals surface area (Å²) in [4.78, 5) is 17.8. The summed E-state index contributed by atoms with van der Waals surface area (Å²) in [6, 6.07) is 12.3. The summed E-state index contributed by atoms with van der Waals surface area (Å²) < 4.78 is 13.1. The van der Waals surface area contributed by atoms with Gasteiger partial charge in [-0.25, -0.2) is 0 Å². The maximum absolute atomic E-state index is 13.1. The number of carbonyl (C=O) groups is 1. The van der Waals surface area contributed by atoms with Crippen molar-refractivity contribution in [3.05, 3.63) is 70.0 Å². The van der Waals surface area contributed by atoms with E-state index in [-0.39, 0.29) is 5.91 Å². The molecular weight excluding hydrogens is 466 g/mol. The van der Waals surface area contributed by atoms with Gasteiger partial charge in [0.25, 0.3) is 5.91 Å². The van der Waals surface area contributed by atoms with Crippen LogP contribution >= 0.6 is 11.6 Å². The van der Waals surface area contributed by atoms with E-state index >= 15 is 0 Å². The molecule has 3 rings (SSSR count). The maximum atomic E-state index is 13.1. The van der Waals surface area contributed by atoms with Gasteiger partial charge in [0, 0.05) is 35.6 Å². The topological polar surface area (TPSA) is 89.8 Å². The molecule has 0 saturated heterocycles. The summed E-state index contributed by atoms with van der Waals surface area (Å²) in [6.07, 6.45) is 0.694. The van der Waals surface area contributed by atoms with Gasteiger partial charge in [-0.05, 0) is 76.1 Å². The first kappa shape index (κ1) is 26.1. The fourth-order valence-corrected chi connectivity index (χ4v) is 3.83. The Hall–Kier alpha value is -3.52. The van der Waals surface area contributed by atoms with Gasteiger partial charge < -0.3 is 14.8 Å². The van der Waals surface area contributed by atoms with Gasteiger partial charge in [0.05, 0.1) is 18.9 Å². The van der Waals surface area contributed by atoms with Crippen molar-refractivity contribution in [2.45, 2.75) is 34.1 Å². The Morgan fingerprint density at radius 2 is 1.83 bits per heavy atom. The number of nitrogens with zero attached hydrogens (tertiary/aromatic N) is 3. The van der Waals surface area contributed by atoms with E-state index < -0.39 is 0 Å². The number of hydrogen-bond donors (Lipinski definition) is 2. The zero-order valence-electron chi connectivity index (χ0n) is 20.8. The van der Waals surface area contributed by atoms with Crippen LogP contribution < -0.4 is 20.1 Å². The van der Waals surface area contributed by atoms with E-state index in [0.717, 1.165) is 17.0 Å². The van der Waals surface area contributed by atoms with Crippen LogP contribution in [-0.2, 0) is 13.5 Å². The molecular formula is C26H32ClN5O3. The third kappa shape index (κ3) is 6.99. The number of aromatic nitrogens is 2. The fraction of sp³-hybridized carbons (Fsp3) is 0.346. The van der Waals surface area contributed by atoms with Gasteiger partial charge in [0.15, 0.2) is 11.5 Å². The van der Waals surface area contributed by atoms with Gasteiger partial charge in [-0.15, -0.1) is 0 Å². The third-order valence-electron chi connectivity index (χ3n) is 5.42. The zero-order chi connectivity index (χ0) is 25.4. The van der Waals surface area contributed by atoms with Gasteiger partial charge >= 0.3 is 0 Å². The Morgan fingerprint density at radius 1 is 1.09 bits per heavy atom. The second kappa shape index (κ2) is 12.3. The standard InChI is InChI=1S/C26H32ClN5O3/c1-6-34-23-12-11-19(15-24(23)35-7-2)25(33)30-26(29-21-10-8-9-20(27)16-21)28-14-13-22-17(3)31-32(5)18(22)4/h8-12,15-16H,6-7,13-14H2,1-5H3,(H2,28,29,30,33). The van der Waals surface area contributed by atoms with E-state index in [1.165, 1.54) is 0 Å². The molecule has 0 fully saturated rings. The molecule has 9 heteroatoms. The second-order valence-corrected chi connectivity index (χ2v) is 8.31. The average Bonchev–Trinajstić information content (AvgIpc) is 3.06. The van der Waals surface area contributed by atoms with Crippen molar-refractivity contribution in [1.29, 1.82) is 0 Å². The average molecular weight is 498 g/mol. The molecule has 35 heavy (non-hydrogen) atoms. The molecule has 1 aromatic heterocycles. The highest BCUT2D eigenvalue weighted by Gasteiger charge is 2.14. The number of ether oxygens (including phenoxy) is 2. The van der Waals surface area contributed by atoms with E-state index in [4.69, 9.17) is 21.1 Å². The van der Waals surface area contributed by atoms with Crippen molar-refractivity contribution >= 4 is 29.2 Å². The minimum absolute atomic E-state index is 0.323. The van der Waals surface area contributed by atoms with Gasteiger partial charge in [0.1, 0.15) is 0 Å². The number of guanidine groups is 1. The number of carbonyl (C=O) groups excluding carboxylic acids is 1. The highest BCUT2D eigenvalue weighted by molar-refractivity contribution is 6.31. The molecule has 1 heterocycles. The maximum Gasteiger partial charge on any atom is 0.258 e. The van der Waals surface area contributed by atoms with Crippen LogP contribution in [0.1, 0.15) is 41.2 Å². The molecule has 0 radical (unpaired) electrons. The minimum atomic E-state index is -0.323. The summed E-state index contributed by atoms with van der Waals surface area (Å²) in [7, 11) is 1.93. The first-order chi connectivity index (χ1) is 16.8. The Morgan fingerprint density at radius 3 is 2.49 bits per heavy atom. The molecule has 0 aliphatic carbocycles. The Bertz CT molecular complexity index is 1210. The van der Waals surface area contributed by atoms with E-state index in [1.54, 1.807) is 30.3 Å². The van der Waals surface area contributed by atoms with E-state index in [9.17, 15) is 4.79 Å². The Balaban J connectivity index is 1.82. The SMILES string of the molecule is CCOc1ccc(C(=O)NC(=NCCc2c(C)nn(C)c2C)Nc2cccc(Cl)c2)cc1OCC. The number of amides is 1. The van der Waals surface area contributed by atoms with Crippen molar-refractivity contribution in [2.24, 2.45) is 12.0 Å². The minimum Gasteiger partial charge on any atom is -0.490 e. The lowest BCUT2D eigenvalue weighted by Crippen LogP contribution is -2.36. The molecule has 0 aliphatic heterocycles. The van der Waals surface area contributed by atoms with Crippen LogP contribution in [0.25, 0.3) is 0 Å². The van der Waals surface area contributed by atoms with Gasteiger partial charge in [0.2, 0.25) is 5.96 Å². The van der Waals surface area contributed by atoms with Crippen LogP contribution in [0.2, 0.25) is 5.02 Å². The van der Waals surface area contributed by atoms with Crippen molar-refractivity contribution in [1.82, 2.24) is 15.1 Å². The van der Waals surface area contributed by atoms with Crippen molar-refractivity contribution in [2.75, 3.05) is 25.1 Å². The van der Waals surface area contributed by atoms with Crippen LogP contribution in [0.5, 0.6) is 11.5 Å². The number of anilines is 1. The van der Waals surface area contributed by atoms with Crippen molar-refractivity contribution in [3.8, 4) is 11.5 Å². The van der Waals surface area contributed by atoms with Crippen LogP contribution in [0, 0.1) is 13.8 Å². The summed E-state index contributed by atoms with van der Waals surface area (Å²) in [6.45, 7) is 9.23. The molecule has 8 nitrogen and oxygen atoms in total. The molecule has 3 aromatic rings. The number of aliphatic imine (C=N–C) groups is 1. The largest absolute Gasteiger partial charge is 0.490 e. The number of aryl methyl sites for hydroxylation is 2.